The van der Waals surface area contributed by atoms with Crippen LogP contribution in [0.3, 0.4) is 0 Å². The topological polar surface area (TPSA) is 76.0 Å². The Kier molecular flexibility index (Phi) is 7.38. The Morgan fingerprint density at radius 3 is 2.67 bits per heavy atom. The molecule has 0 bridgehead atoms. The van der Waals surface area contributed by atoms with Gasteiger partial charge >= 0.3 is 5.97 Å². The van der Waals surface area contributed by atoms with Gasteiger partial charge in [0.25, 0.3) is 0 Å². The molecule has 3 rings (SSSR count). The standard InChI is InChI=1S/C25H36O5/c1-16(10-12-20-17(2)8-6-14-25(20,3)4)7-5-9-18-11-13-21(29-23(18)27)19-15-22(26)30-24(19)28/h7,11,15,21,23-24,27-28H,5-6,8-10,12-14H2,1-4H3/b16-7+/t21-,23-,24?/m1/s1. The van der Waals surface area contributed by atoms with Crippen LogP contribution in [0.5, 0.6) is 0 Å². The van der Waals surface area contributed by atoms with Crippen LogP contribution in [0.25, 0.3) is 0 Å². The van der Waals surface area contributed by atoms with E-state index in [1.807, 2.05) is 6.08 Å². The number of aliphatic hydroxyl groups is 2. The van der Waals surface area contributed by atoms with E-state index in [0.717, 1.165) is 31.3 Å². The first-order valence-corrected chi connectivity index (χ1v) is 11.1. The monoisotopic (exact) mass is 416 g/mol. The van der Waals surface area contributed by atoms with Crippen molar-refractivity contribution in [1.82, 2.24) is 0 Å². The molecule has 0 amide bonds. The van der Waals surface area contributed by atoms with E-state index in [0.29, 0.717) is 17.4 Å². The molecule has 0 fully saturated rings. The normalized spacial score (nSPS) is 29.6. The van der Waals surface area contributed by atoms with Gasteiger partial charge in [-0.25, -0.2) is 4.79 Å². The highest BCUT2D eigenvalue weighted by Gasteiger charge is 2.34. The van der Waals surface area contributed by atoms with Crippen LogP contribution < -0.4 is 0 Å². The molecule has 0 aromatic rings. The molecule has 5 nitrogen and oxygen atoms in total. The van der Waals surface area contributed by atoms with Crippen molar-refractivity contribution >= 4 is 5.97 Å². The Balaban J connectivity index is 1.49. The van der Waals surface area contributed by atoms with Gasteiger partial charge in [-0.1, -0.05) is 42.7 Å². The third-order valence-electron chi connectivity index (χ3n) is 6.75. The summed E-state index contributed by atoms with van der Waals surface area (Å²) >= 11 is 0. The van der Waals surface area contributed by atoms with Gasteiger partial charge in [0.1, 0.15) is 0 Å². The zero-order chi connectivity index (χ0) is 21.9. The first-order valence-electron chi connectivity index (χ1n) is 11.1. The molecule has 3 aliphatic rings. The smallest absolute Gasteiger partial charge is 0.333 e. The van der Waals surface area contributed by atoms with Crippen molar-refractivity contribution in [3.63, 3.8) is 0 Å². The molecule has 0 aromatic carbocycles. The molecule has 0 saturated heterocycles. The molecule has 5 heteroatoms. The Labute approximate surface area is 180 Å². The molecule has 1 aliphatic carbocycles. The maximum atomic E-state index is 11.3. The van der Waals surface area contributed by atoms with E-state index < -0.39 is 24.7 Å². The van der Waals surface area contributed by atoms with Crippen molar-refractivity contribution in [2.75, 3.05) is 0 Å². The number of hydrogen-bond acceptors (Lipinski definition) is 5. The van der Waals surface area contributed by atoms with Crippen LogP contribution >= 0.6 is 0 Å². The molecule has 3 atom stereocenters. The molecule has 0 aromatic heterocycles. The van der Waals surface area contributed by atoms with Crippen molar-refractivity contribution < 1.29 is 24.5 Å². The lowest BCUT2D eigenvalue weighted by atomic mass is 9.71. The lowest BCUT2D eigenvalue weighted by molar-refractivity contribution is -0.155. The van der Waals surface area contributed by atoms with Gasteiger partial charge in [0.15, 0.2) is 6.29 Å². The largest absolute Gasteiger partial charge is 0.429 e. The van der Waals surface area contributed by atoms with E-state index in [1.165, 1.54) is 30.9 Å². The first-order chi connectivity index (χ1) is 14.2. The molecule has 2 heterocycles. The number of allylic oxidation sites excluding steroid dienone is 4. The van der Waals surface area contributed by atoms with Crippen molar-refractivity contribution in [3.05, 3.63) is 46.1 Å². The lowest BCUT2D eigenvalue weighted by Crippen LogP contribution is -2.32. The minimum Gasteiger partial charge on any atom is -0.429 e. The summed E-state index contributed by atoms with van der Waals surface area (Å²) in [6.07, 6.45) is 10.8. The van der Waals surface area contributed by atoms with Gasteiger partial charge in [0.2, 0.25) is 6.29 Å². The van der Waals surface area contributed by atoms with Gasteiger partial charge < -0.3 is 19.7 Å². The second-order valence-electron chi connectivity index (χ2n) is 9.51. The summed E-state index contributed by atoms with van der Waals surface area (Å²) in [6, 6.07) is 0. The van der Waals surface area contributed by atoms with Gasteiger partial charge in [-0.15, -0.1) is 0 Å². The van der Waals surface area contributed by atoms with Crippen LogP contribution in [-0.4, -0.2) is 34.9 Å². The predicted octanol–water partition coefficient (Wildman–Crippen LogP) is 4.86. The average Bonchev–Trinajstić information content (AvgIpc) is 3.00. The van der Waals surface area contributed by atoms with Crippen molar-refractivity contribution in [2.45, 2.75) is 97.7 Å². The van der Waals surface area contributed by atoms with Crippen LogP contribution in [0.2, 0.25) is 0 Å². The third-order valence-corrected chi connectivity index (χ3v) is 6.75. The molecular weight excluding hydrogens is 380 g/mol. The minimum absolute atomic E-state index is 0.325. The van der Waals surface area contributed by atoms with E-state index in [4.69, 9.17) is 9.47 Å². The number of hydrogen-bond donors (Lipinski definition) is 2. The fourth-order valence-electron chi connectivity index (χ4n) is 4.91. The molecule has 2 N–H and O–H groups in total. The molecule has 0 saturated carbocycles. The number of esters is 1. The van der Waals surface area contributed by atoms with E-state index in [2.05, 4.69) is 33.8 Å². The Morgan fingerprint density at radius 2 is 2.03 bits per heavy atom. The van der Waals surface area contributed by atoms with Crippen LogP contribution in [0, 0.1) is 5.41 Å². The maximum absolute atomic E-state index is 11.3. The SMILES string of the molecule is CC1=C(CC/C(C)=C/CCC2=CC[C@H](C3=CC(=O)OC3O)O[C@H]2O)C(C)(C)CCC1. The highest BCUT2D eigenvalue weighted by atomic mass is 16.6. The molecule has 1 unspecified atom stereocenters. The average molecular weight is 417 g/mol. The number of carbonyl (C=O) groups excluding carboxylic acids is 1. The molecule has 0 radical (unpaired) electrons. The number of cyclic esters (lactones) is 1. The van der Waals surface area contributed by atoms with E-state index >= 15 is 0 Å². The second kappa shape index (κ2) is 9.63. The van der Waals surface area contributed by atoms with Gasteiger partial charge in [0.05, 0.1) is 6.10 Å². The summed E-state index contributed by atoms with van der Waals surface area (Å²) < 4.78 is 10.3. The number of carbonyl (C=O) groups is 1. The number of ether oxygens (including phenoxy) is 2. The van der Waals surface area contributed by atoms with Crippen molar-refractivity contribution in [3.8, 4) is 0 Å². The van der Waals surface area contributed by atoms with Crippen molar-refractivity contribution in [1.29, 1.82) is 0 Å². The van der Waals surface area contributed by atoms with E-state index in [1.54, 1.807) is 11.1 Å². The molecule has 2 aliphatic heterocycles. The minimum atomic E-state index is -1.27. The van der Waals surface area contributed by atoms with Crippen LogP contribution in [0.15, 0.2) is 46.1 Å². The molecule has 0 spiro atoms. The summed E-state index contributed by atoms with van der Waals surface area (Å²) in [5.74, 6) is -0.575. The fourth-order valence-corrected chi connectivity index (χ4v) is 4.91. The van der Waals surface area contributed by atoms with Crippen LogP contribution in [0.4, 0.5) is 0 Å². The highest BCUT2D eigenvalue weighted by Crippen LogP contribution is 2.42. The lowest BCUT2D eigenvalue weighted by Gasteiger charge is -2.35. The zero-order valence-corrected chi connectivity index (χ0v) is 18.7. The number of aliphatic hydroxyl groups excluding tert-OH is 2. The Morgan fingerprint density at radius 1 is 1.27 bits per heavy atom. The van der Waals surface area contributed by atoms with Gasteiger partial charge in [-0.3, -0.25) is 0 Å². The Hall–Kier alpha value is -1.69. The van der Waals surface area contributed by atoms with E-state index in [-0.39, 0.29) is 0 Å². The summed E-state index contributed by atoms with van der Waals surface area (Å²) in [6.45, 7) is 9.23. The fraction of sp³-hybridized carbons (Fsp3) is 0.640. The zero-order valence-electron chi connectivity index (χ0n) is 18.7. The van der Waals surface area contributed by atoms with E-state index in [9.17, 15) is 15.0 Å². The second-order valence-corrected chi connectivity index (χ2v) is 9.51. The van der Waals surface area contributed by atoms with Crippen molar-refractivity contribution in [2.24, 2.45) is 5.41 Å². The third kappa shape index (κ3) is 5.51. The van der Waals surface area contributed by atoms with Gasteiger partial charge in [-0.2, -0.15) is 0 Å². The predicted molar refractivity (Wildman–Crippen MR) is 116 cm³/mol. The van der Waals surface area contributed by atoms with Gasteiger partial charge in [0, 0.05) is 11.6 Å². The summed E-state index contributed by atoms with van der Waals surface area (Å²) in [4.78, 5) is 11.3. The Bertz CT molecular complexity index is 783. The van der Waals surface area contributed by atoms with Crippen LogP contribution in [-0.2, 0) is 14.3 Å². The molecular formula is C25H36O5. The number of rotatable bonds is 7. The highest BCUT2D eigenvalue weighted by molar-refractivity contribution is 5.85. The summed E-state index contributed by atoms with van der Waals surface area (Å²) in [7, 11) is 0. The first kappa shape index (κ1) is 23.0. The summed E-state index contributed by atoms with van der Waals surface area (Å²) in [5, 5.41) is 20.1. The van der Waals surface area contributed by atoms with Gasteiger partial charge in [-0.05, 0) is 76.2 Å². The van der Waals surface area contributed by atoms with Crippen LogP contribution in [0.1, 0.15) is 79.1 Å². The molecule has 166 valence electrons. The molecule has 30 heavy (non-hydrogen) atoms. The quantitative estimate of drug-likeness (QED) is 0.458. The maximum Gasteiger partial charge on any atom is 0.333 e. The summed E-state index contributed by atoms with van der Waals surface area (Å²) in [5.41, 5.74) is 6.15.